The van der Waals surface area contributed by atoms with Crippen LogP contribution in [0.4, 0.5) is 0 Å². The van der Waals surface area contributed by atoms with E-state index in [2.05, 4.69) is 202 Å². The number of thiophene rings is 1. The summed E-state index contributed by atoms with van der Waals surface area (Å²) in [5.74, 6) is 0.701. The molecule has 2 nitrogen and oxygen atoms in total. The smallest absolute Gasteiger partial charge is 0.160 e. The van der Waals surface area contributed by atoms with Crippen LogP contribution >= 0.6 is 11.3 Å². The van der Waals surface area contributed by atoms with Gasteiger partial charge in [-0.3, -0.25) is 0 Å². The van der Waals surface area contributed by atoms with Gasteiger partial charge in [0, 0.05) is 42.3 Å². The van der Waals surface area contributed by atoms with Gasteiger partial charge in [-0.15, -0.1) is 11.3 Å². The average molecular weight is 759 g/mol. The predicted octanol–water partition coefficient (Wildman–Crippen LogP) is 15.2. The number of aromatic nitrogens is 2. The lowest BCUT2D eigenvalue weighted by Gasteiger charge is -2.22. The van der Waals surface area contributed by atoms with Crippen molar-refractivity contribution in [3.05, 3.63) is 205 Å². The van der Waals surface area contributed by atoms with Crippen molar-refractivity contribution >= 4 is 31.5 Å². The molecule has 58 heavy (non-hydrogen) atoms. The molecule has 10 aromatic rings. The average Bonchev–Trinajstić information content (AvgIpc) is 3.78. The quantitative estimate of drug-likeness (QED) is 0.169. The molecule has 3 heteroatoms. The molecule has 8 aromatic carbocycles. The van der Waals surface area contributed by atoms with Crippen LogP contribution in [-0.2, 0) is 5.41 Å². The molecule has 274 valence electrons. The maximum Gasteiger partial charge on any atom is 0.160 e. The van der Waals surface area contributed by atoms with E-state index in [1.54, 1.807) is 0 Å². The van der Waals surface area contributed by atoms with Crippen LogP contribution in [0.15, 0.2) is 194 Å². The maximum atomic E-state index is 5.35. The Hall–Kier alpha value is -6.94. The van der Waals surface area contributed by atoms with Gasteiger partial charge in [0.05, 0.1) is 11.4 Å². The molecule has 0 atom stereocenters. The van der Waals surface area contributed by atoms with Crippen LogP contribution < -0.4 is 0 Å². The summed E-state index contributed by atoms with van der Waals surface area (Å²) in [4.78, 5) is 10.7. The van der Waals surface area contributed by atoms with Gasteiger partial charge in [-0.1, -0.05) is 172 Å². The Kier molecular flexibility index (Phi) is 8.06. The van der Waals surface area contributed by atoms with Crippen LogP contribution in [0.2, 0.25) is 0 Å². The molecule has 0 bridgehead atoms. The summed E-state index contributed by atoms with van der Waals surface area (Å²) in [5.41, 5.74) is 17.2. The normalized spacial score (nSPS) is 12.8. The highest BCUT2D eigenvalue weighted by molar-refractivity contribution is 7.26. The van der Waals surface area contributed by atoms with Crippen LogP contribution in [-0.4, -0.2) is 9.97 Å². The summed E-state index contributed by atoms with van der Waals surface area (Å²) < 4.78 is 2.59. The molecule has 11 rings (SSSR count). The second-order valence-electron chi connectivity index (χ2n) is 15.8. The molecule has 2 aromatic heterocycles. The molecule has 0 amide bonds. The first kappa shape index (κ1) is 34.3. The fourth-order valence-electron chi connectivity index (χ4n) is 8.98. The Morgan fingerprint density at radius 3 is 1.79 bits per heavy atom. The number of nitrogens with zero attached hydrogens (tertiary/aromatic N) is 2. The lowest BCUT2D eigenvalue weighted by Crippen LogP contribution is -2.14. The van der Waals surface area contributed by atoms with E-state index in [-0.39, 0.29) is 5.41 Å². The largest absolute Gasteiger partial charge is 0.228 e. The van der Waals surface area contributed by atoms with Gasteiger partial charge in [0.2, 0.25) is 0 Å². The fourth-order valence-corrected chi connectivity index (χ4v) is 10.2. The Balaban J connectivity index is 1.12. The van der Waals surface area contributed by atoms with Gasteiger partial charge >= 0.3 is 0 Å². The van der Waals surface area contributed by atoms with Crippen LogP contribution in [0, 0.1) is 0 Å². The van der Waals surface area contributed by atoms with Crippen molar-refractivity contribution in [3.8, 4) is 78.4 Å². The van der Waals surface area contributed by atoms with E-state index in [1.165, 1.54) is 59.1 Å². The van der Waals surface area contributed by atoms with Crippen molar-refractivity contribution in [1.29, 1.82) is 0 Å². The third kappa shape index (κ3) is 5.69. The molecule has 1 aliphatic rings. The Morgan fingerprint density at radius 1 is 0.362 bits per heavy atom. The zero-order valence-corrected chi connectivity index (χ0v) is 33.1. The SMILES string of the molecule is CC1(C)c2ccccc2-c2ccc(-c3ccccc3-c3cc(-c4cc(-c5ccccc5)cc(-c5cccc6c5sc5ccccc56)c4)nc(-c4ccccc4)n3)cc21. The van der Waals surface area contributed by atoms with Crippen LogP contribution in [0.5, 0.6) is 0 Å². The third-order valence-electron chi connectivity index (χ3n) is 11.9. The molecule has 0 spiro atoms. The molecule has 0 unspecified atom stereocenters. The summed E-state index contributed by atoms with van der Waals surface area (Å²) in [6, 6.07) is 70.1. The van der Waals surface area contributed by atoms with E-state index in [0.717, 1.165) is 44.8 Å². The first-order chi connectivity index (χ1) is 28.5. The minimum Gasteiger partial charge on any atom is -0.228 e. The van der Waals surface area contributed by atoms with Gasteiger partial charge in [-0.05, 0) is 92.0 Å². The molecular weight excluding hydrogens is 721 g/mol. The standard InChI is InChI=1S/C55H38N2S/c1-55(2)48-26-13-11-21-43(48)44-29-28-37(33-49(44)55)41-20-9-10-22-45(41)51-34-50(56-54(57-51)36-18-7-4-8-19-36)40-31-38(35-16-5-3-6-17-35)30-39(32-40)42-24-15-25-47-46-23-12-14-27-52(46)58-53(42)47/h3-34H,1-2H3. The molecule has 2 heterocycles. The summed E-state index contributed by atoms with van der Waals surface area (Å²) in [6.45, 7) is 4.68. The number of hydrogen-bond acceptors (Lipinski definition) is 3. The zero-order valence-electron chi connectivity index (χ0n) is 32.3. The number of rotatable bonds is 6. The van der Waals surface area contributed by atoms with Crippen LogP contribution in [0.25, 0.3) is 98.6 Å². The molecule has 0 radical (unpaired) electrons. The van der Waals surface area contributed by atoms with E-state index in [4.69, 9.17) is 9.97 Å². The second-order valence-corrected chi connectivity index (χ2v) is 16.8. The summed E-state index contributed by atoms with van der Waals surface area (Å²) >= 11 is 1.86. The highest BCUT2D eigenvalue weighted by atomic mass is 32.1. The summed E-state index contributed by atoms with van der Waals surface area (Å²) in [6.07, 6.45) is 0. The van der Waals surface area contributed by atoms with E-state index in [9.17, 15) is 0 Å². The fraction of sp³-hybridized carbons (Fsp3) is 0.0545. The topological polar surface area (TPSA) is 25.8 Å². The van der Waals surface area contributed by atoms with Gasteiger partial charge in [0.1, 0.15) is 0 Å². The van der Waals surface area contributed by atoms with Gasteiger partial charge in [0.25, 0.3) is 0 Å². The summed E-state index contributed by atoms with van der Waals surface area (Å²) in [5, 5.41) is 2.59. The third-order valence-corrected chi connectivity index (χ3v) is 13.1. The molecular formula is C55H38N2S. The molecule has 0 saturated heterocycles. The molecule has 0 aliphatic heterocycles. The number of hydrogen-bond donors (Lipinski definition) is 0. The molecule has 1 aliphatic carbocycles. The predicted molar refractivity (Wildman–Crippen MR) is 245 cm³/mol. The molecule has 0 fully saturated rings. The number of benzene rings is 8. The van der Waals surface area contributed by atoms with Crippen molar-refractivity contribution in [2.24, 2.45) is 0 Å². The van der Waals surface area contributed by atoms with Gasteiger partial charge in [-0.2, -0.15) is 0 Å². The molecule has 0 N–H and O–H groups in total. The van der Waals surface area contributed by atoms with Crippen molar-refractivity contribution in [2.75, 3.05) is 0 Å². The second kappa shape index (κ2) is 13.6. The van der Waals surface area contributed by atoms with Gasteiger partial charge < -0.3 is 0 Å². The van der Waals surface area contributed by atoms with E-state index >= 15 is 0 Å². The Morgan fingerprint density at radius 2 is 0.966 bits per heavy atom. The van der Waals surface area contributed by atoms with Crippen molar-refractivity contribution in [1.82, 2.24) is 9.97 Å². The van der Waals surface area contributed by atoms with E-state index < -0.39 is 0 Å². The number of fused-ring (bicyclic) bond motifs is 6. The first-order valence-corrected chi connectivity index (χ1v) is 20.7. The lowest BCUT2D eigenvalue weighted by atomic mass is 9.81. The van der Waals surface area contributed by atoms with Crippen molar-refractivity contribution in [2.45, 2.75) is 19.3 Å². The van der Waals surface area contributed by atoms with Crippen molar-refractivity contribution < 1.29 is 0 Å². The summed E-state index contributed by atoms with van der Waals surface area (Å²) in [7, 11) is 0. The van der Waals surface area contributed by atoms with Crippen molar-refractivity contribution in [3.63, 3.8) is 0 Å². The Labute approximate surface area is 342 Å². The highest BCUT2D eigenvalue weighted by Gasteiger charge is 2.35. The van der Waals surface area contributed by atoms with E-state index in [1.807, 2.05) is 17.4 Å². The monoisotopic (exact) mass is 758 g/mol. The molecule has 0 saturated carbocycles. The first-order valence-electron chi connectivity index (χ1n) is 19.9. The van der Waals surface area contributed by atoms with E-state index in [0.29, 0.717) is 5.82 Å². The van der Waals surface area contributed by atoms with Gasteiger partial charge in [0.15, 0.2) is 5.82 Å². The van der Waals surface area contributed by atoms with Crippen LogP contribution in [0.3, 0.4) is 0 Å². The van der Waals surface area contributed by atoms with Gasteiger partial charge in [-0.25, -0.2) is 9.97 Å². The highest BCUT2D eigenvalue weighted by Crippen LogP contribution is 2.50. The minimum atomic E-state index is -0.0961. The van der Waals surface area contributed by atoms with Crippen LogP contribution in [0.1, 0.15) is 25.0 Å². The Bertz CT molecular complexity index is 3190. The lowest BCUT2D eigenvalue weighted by molar-refractivity contribution is 0.660. The zero-order chi connectivity index (χ0) is 38.8. The maximum absolute atomic E-state index is 5.35. The minimum absolute atomic E-state index is 0.0961.